The Balaban J connectivity index is 1.79. The molecular formula is C12H18N4. The maximum absolute atomic E-state index is 4.46. The van der Waals surface area contributed by atoms with Gasteiger partial charge in [0.2, 0.25) is 0 Å². The second kappa shape index (κ2) is 4.01. The number of aryl methyl sites for hydroxylation is 1. The molecule has 1 aromatic heterocycles. The van der Waals surface area contributed by atoms with Gasteiger partial charge in [0, 0.05) is 31.5 Å². The third kappa shape index (κ3) is 1.67. The molecule has 16 heavy (non-hydrogen) atoms. The molecule has 4 nitrogen and oxygen atoms in total. The predicted molar refractivity (Wildman–Crippen MR) is 63.5 cm³/mol. The minimum atomic E-state index is 0.744. The van der Waals surface area contributed by atoms with E-state index in [0.29, 0.717) is 0 Å². The summed E-state index contributed by atoms with van der Waals surface area (Å²) in [6, 6.07) is 0.744. The van der Waals surface area contributed by atoms with Crippen molar-refractivity contribution in [3.05, 3.63) is 18.1 Å². The standard InChI is InChI=1S/C12H18N4/c1-9-12(15-6-5-13-9)16-7-3-11-10(8-16)2-4-14-11/h5-6,10-11,14H,2-4,7-8H2,1H3. The zero-order chi connectivity index (χ0) is 11.0. The van der Waals surface area contributed by atoms with Crippen molar-refractivity contribution in [1.82, 2.24) is 15.3 Å². The van der Waals surface area contributed by atoms with E-state index in [2.05, 4.69) is 20.2 Å². The normalized spacial score (nSPS) is 29.2. The Bertz CT molecular complexity index is 379. The molecule has 3 heterocycles. The molecule has 0 aliphatic carbocycles. The van der Waals surface area contributed by atoms with Crippen molar-refractivity contribution >= 4 is 5.82 Å². The van der Waals surface area contributed by atoms with E-state index < -0.39 is 0 Å². The van der Waals surface area contributed by atoms with Gasteiger partial charge in [-0.1, -0.05) is 0 Å². The summed E-state index contributed by atoms with van der Waals surface area (Å²) in [5.74, 6) is 1.88. The average molecular weight is 218 g/mol. The largest absolute Gasteiger partial charge is 0.355 e. The van der Waals surface area contributed by atoms with Crippen LogP contribution in [0.3, 0.4) is 0 Å². The number of nitrogens with one attached hydrogen (secondary N) is 1. The number of rotatable bonds is 1. The van der Waals surface area contributed by atoms with Gasteiger partial charge in [-0.05, 0) is 32.2 Å². The SMILES string of the molecule is Cc1nccnc1N1CCC2NCCC2C1. The van der Waals surface area contributed by atoms with Crippen molar-refractivity contribution in [1.29, 1.82) is 0 Å². The van der Waals surface area contributed by atoms with Crippen LogP contribution in [0.25, 0.3) is 0 Å². The molecule has 1 aromatic rings. The summed E-state index contributed by atoms with van der Waals surface area (Å²) in [5.41, 5.74) is 1.05. The lowest BCUT2D eigenvalue weighted by molar-refractivity contribution is 0.374. The van der Waals surface area contributed by atoms with Crippen molar-refractivity contribution in [3.8, 4) is 0 Å². The Kier molecular flexibility index (Phi) is 2.52. The lowest BCUT2D eigenvalue weighted by Gasteiger charge is -2.35. The van der Waals surface area contributed by atoms with Gasteiger partial charge >= 0.3 is 0 Å². The lowest BCUT2D eigenvalue weighted by atomic mass is 9.93. The first-order valence-corrected chi connectivity index (χ1v) is 6.10. The van der Waals surface area contributed by atoms with Gasteiger partial charge in [-0.2, -0.15) is 0 Å². The first-order chi connectivity index (χ1) is 7.84. The van der Waals surface area contributed by atoms with Crippen molar-refractivity contribution in [2.24, 2.45) is 5.92 Å². The van der Waals surface area contributed by atoms with Gasteiger partial charge in [-0.3, -0.25) is 4.98 Å². The summed E-state index contributed by atoms with van der Waals surface area (Å²) in [5, 5.41) is 3.58. The fraction of sp³-hybridized carbons (Fsp3) is 0.667. The fourth-order valence-corrected chi connectivity index (χ4v) is 2.95. The number of aromatic nitrogens is 2. The van der Waals surface area contributed by atoms with Crippen LogP contribution in [-0.2, 0) is 0 Å². The summed E-state index contributed by atoms with van der Waals surface area (Å²) >= 11 is 0. The molecule has 0 amide bonds. The molecular weight excluding hydrogens is 200 g/mol. The van der Waals surface area contributed by atoms with Crippen LogP contribution in [-0.4, -0.2) is 35.6 Å². The van der Waals surface area contributed by atoms with E-state index in [4.69, 9.17) is 0 Å². The minimum absolute atomic E-state index is 0.744. The van der Waals surface area contributed by atoms with Gasteiger partial charge < -0.3 is 10.2 Å². The van der Waals surface area contributed by atoms with Crippen molar-refractivity contribution in [2.45, 2.75) is 25.8 Å². The summed E-state index contributed by atoms with van der Waals surface area (Å²) in [4.78, 5) is 11.2. The maximum Gasteiger partial charge on any atom is 0.150 e. The summed E-state index contributed by atoms with van der Waals surface area (Å²) < 4.78 is 0. The minimum Gasteiger partial charge on any atom is -0.355 e. The molecule has 2 aliphatic rings. The van der Waals surface area contributed by atoms with Crippen LogP contribution >= 0.6 is 0 Å². The zero-order valence-electron chi connectivity index (χ0n) is 9.69. The van der Waals surface area contributed by atoms with E-state index >= 15 is 0 Å². The van der Waals surface area contributed by atoms with Gasteiger partial charge in [-0.25, -0.2) is 4.98 Å². The number of nitrogens with zero attached hydrogens (tertiary/aromatic N) is 3. The second-order valence-electron chi connectivity index (χ2n) is 4.81. The summed E-state index contributed by atoms with van der Waals surface area (Å²) in [7, 11) is 0. The quantitative estimate of drug-likeness (QED) is 0.762. The molecule has 0 bridgehead atoms. The average Bonchev–Trinajstić information content (AvgIpc) is 2.76. The molecule has 3 rings (SSSR count). The zero-order valence-corrected chi connectivity index (χ0v) is 9.69. The van der Waals surface area contributed by atoms with E-state index in [9.17, 15) is 0 Å². The Labute approximate surface area is 96.1 Å². The van der Waals surface area contributed by atoms with Crippen LogP contribution in [0.15, 0.2) is 12.4 Å². The molecule has 0 spiro atoms. The van der Waals surface area contributed by atoms with Gasteiger partial charge in [-0.15, -0.1) is 0 Å². The van der Waals surface area contributed by atoms with Crippen LogP contribution in [0, 0.1) is 12.8 Å². The highest BCUT2D eigenvalue weighted by molar-refractivity contribution is 5.43. The summed E-state index contributed by atoms with van der Waals surface area (Å²) in [6.07, 6.45) is 6.10. The smallest absolute Gasteiger partial charge is 0.150 e. The number of hydrogen-bond donors (Lipinski definition) is 1. The fourth-order valence-electron chi connectivity index (χ4n) is 2.95. The molecule has 1 N–H and O–H groups in total. The summed E-state index contributed by atoms with van der Waals surface area (Å²) in [6.45, 7) is 5.47. The van der Waals surface area contributed by atoms with Gasteiger partial charge in [0.15, 0.2) is 0 Å². The first kappa shape index (κ1) is 10.0. The topological polar surface area (TPSA) is 41.1 Å². The van der Waals surface area contributed by atoms with Gasteiger partial charge in [0.1, 0.15) is 5.82 Å². The molecule has 0 radical (unpaired) electrons. The molecule has 0 saturated carbocycles. The van der Waals surface area contributed by atoms with E-state index in [1.54, 1.807) is 12.4 Å². The van der Waals surface area contributed by atoms with Crippen LogP contribution in [0.5, 0.6) is 0 Å². The molecule has 0 aromatic carbocycles. The van der Waals surface area contributed by atoms with Crippen molar-refractivity contribution in [3.63, 3.8) is 0 Å². The van der Waals surface area contributed by atoms with Crippen LogP contribution < -0.4 is 10.2 Å². The molecule has 2 unspecified atom stereocenters. The van der Waals surface area contributed by atoms with E-state index in [1.807, 2.05) is 6.92 Å². The third-order valence-corrected chi connectivity index (χ3v) is 3.81. The highest BCUT2D eigenvalue weighted by Crippen LogP contribution is 2.27. The van der Waals surface area contributed by atoms with Gasteiger partial charge in [0.05, 0.1) is 5.69 Å². The number of anilines is 1. The Morgan fingerprint density at radius 3 is 3.06 bits per heavy atom. The molecule has 4 heteroatoms. The van der Waals surface area contributed by atoms with Gasteiger partial charge in [0.25, 0.3) is 0 Å². The lowest BCUT2D eigenvalue weighted by Crippen LogP contribution is -2.45. The monoisotopic (exact) mass is 218 g/mol. The Morgan fingerprint density at radius 1 is 1.31 bits per heavy atom. The Morgan fingerprint density at radius 2 is 2.19 bits per heavy atom. The van der Waals surface area contributed by atoms with Crippen molar-refractivity contribution in [2.75, 3.05) is 24.5 Å². The number of hydrogen-bond acceptors (Lipinski definition) is 4. The van der Waals surface area contributed by atoms with Crippen molar-refractivity contribution < 1.29 is 0 Å². The second-order valence-corrected chi connectivity index (χ2v) is 4.81. The van der Waals surface area contributed by atoms with Crippen LogP contribution in [0.4, 0.5) is 5.82 Å². The molecule has 86 valence electrons. The predicted octanol–water partition coefficient (Wildman–Crippen LogP) is 0.973. The van der Waals surface area contributed by atoms with E-state index in [0.717, 1.165) is 36.6 Å². The molecule has 2 atom stereocenters. The molecule has 2 aliphatic heterocycles. The van der Waals surface area contributed by atoms with E-state index in [1.165, 1.54) is 19.4 Å². The highest BCUT2D eigenvalue weighted by atomic mass is 15.2. The molecule has 2 fully saturated rings. The highest BCUT2D eigenvalue weighted by Gasteiger charge is 2.33. The third-order valence-electron chi connectivity index (χ3n) is 3.81. The Hall–Kier alpha value is -1.16. The van der Waals surface area contributed by atoms with Crippen LogP contribution in [0.2, 0.25) is 0 Å². The number of fused-ring (bicyclic) bond motifs is 1. The van der Waals surface area contributed by atoms with Crippen LogP contribution in [0.1, 0.15) is 18.5 Å². The first-order valence-electron chi connectivity index (χ1n) is 6.10. The van der Waals surface area contributed by atoms with E-state index in [-0.39, 0.29) is 0 Å². The molecule has 2 saturated heterocycles. The maximum atomic E-state index is 4.46. The number of piperidine rings is 1.